The van der Waals surface area contributed by atoms with Crippen molar-refractivity contribution in [2.24, 2.45) is 23.9 Å². The summed E-state index contributed by atoms with van der Waals surface area (Å²) in [6.07, 6.45) is 11.4. The molecule has 3 heterocycles. The molecule has 2 unspecified atom stereocenters. The highest BCUT2D eigenvalue weighted by Crippen LogP contribution is 2.43. The number of imidazole rings is 1. The molecule has 0 radical (unpaired) electrons. The van der Waals surface area contributed by atoms with Gasteiger partial charge in [0.25, 0.3) is 0 Å². The number of aryl methyl sites for hydroxylation is 1. The van der Waals surface area contributed by atoms with E-state index in [2.05, 4.69) is 35.0 Å². The second kappa shape index (κ2) is 9.50. The van der Waals surface area contributed by atoms with E-state index in [1.165, 1.54) is 0 Å². The van der Waals surface area contributed by atoms with Crippen molar-refractivity contribution in [1.82, 2.24) is 19.4 Å². The smallest absolute Gasteiger partial charge is 0.410 e. The van der Waals surface area contributed by atoms with Crippen molar-refractivity contribution in [3.63, 3.8) is 0 Å². The van der Waals surface area contributed by atoms with Crippen molar-refractivity contribution in [3.05, 3.63) is 70.9 Å². The molecule has 1 N–H and O–H groups in total. The molecule has 1 aromatic carbocycles. The standard InChI is InChI=1S/C29H33ClN6O2/c1-18-6-9-33-26-21(18)15-23(25(31)24-16-32-17-34(24)3)22-14-19(30)4-5-20(22)27(26)35-10-12-36(13-11-35)28(37)38-29(2)7-8-29/h4-6,9,14-18,21,27,31H,7-8,10-13H2,1-3H3/t18?,21?,27-/m0/s1. The molecule has 2 aliphatic heterocycles. The lowest BCUT2D eigenvalue weighted by atomic mass is 9.82. The number of halogens is 1. The lowest BCUT2D eigenvalue weighted by Crippen LogP contribution is -2.52. The zero-order valence-electron chi connectivity index (χ0n) is 22.0. The van der Waals surface area contributed by atoms with Gasteiger partial charge in [-0.2, -0.15) is 0 Å². The van der Waals surface area contributed by atoms with Crippen molar-refractivity contribution in [2.45, 2.75) is 38.3 Å². The summed E-state index contributed by atoms with van der Waals surface area (Å²) in [6, 6.07) is 5.88. The van der Waals surface area contributed by atoms with Gasteiger partial charge in [0, 0.05) is 61.7 Å². The fraction of sp³-hybridized carbons (Fsp3) is 0.448. The number of amides is 1. The summed E-state index contributed by atoms with van der Waals surface area (Å²) >= 11 is 6.55. The normalized spacial score (nSPS) is 26.0. The van der Waals surface area contributed by atoms with Gasteiger partial charge in [0.1, 0.15) is 5.60 Å². The van der Waals surface area contributed by atoms with E-state index in [0.717, 1.165) is 40.9 Å². The molecule has 0 bridgehead atoms. The minimum absolute atomic E-state index is 0.0255. The maximum absolute atomic E-state index is 12.8. The van der Waals surface area contributed by atoms with Crippen LogP contribution in [0.1, 0.15) is 49.6 Å². The number of rotatable bonds is 4. The molecule has 198 valence electrons. The van der Waals surface area contributed by atoms with Crippen LogP contribution in [0.5, 0.6) is 0 Å². The number of allylic oxidation sites excluding steroid dienone is 3. The molecule has 1 saturated heterocycles. The number of ether oxygens (including phenoxy) is 1. The highest BCUT2D eigenvalue weighted by molar-refractivity contribution is 6.33. The average molecular weight is 533 g/mol. The van der Waals surface area contributed by atoms with Crippen LogP contribution in [0.15, 0.2) is 54.1 Å². The van der Waals surface area contributed by atoms with E-state index in [9.17, 15) is 10.2 Å². The number of hydrogen-bond donors (Lipinski definition) is 1. The van der Waals surface area contributed by atoms with E-state index in [1.807, 2.05) is 41.8 Å². The van der Waals surface area contributed by atoms with Crippen molar-refractivity contribution in [1.29, 1.82) is 5.41 Å². The first-order valence-corrected chi connectivity index (χ1v) is 13.7. The molecule has 38 heavy (non-hydrogen) atoms. The van der Waals surface area contributed by atoms with E-state index >= 15 is 0 Å². The number of hydrogen-bond acceptors (Lipinski definition) is 6. The third-order valence-electron chi connectivity index (χ3n) is 8.32. The predicted molar refractivity (Wildman–Crippen MR) is 149 cm³/mol. The molecule has 4 aliphatic rings. The molecule has 1 saturated carbocycles. The first-order valence-electron chi connectivity index (χ1n) is 13.3. The molecule has 9 heteroatoms. The Balaban J connectivity index is 1.37. The number of benzene rings is 1. The van der Waals surface area contributed by atoms with Crippen LogP contribution in [0.25, 0.3) is 5.57 Å². The van der Waals surface area contributed by atoms with Crippen molar-refractivity contribution < 1.29 is 9.53 Å². The number of nitrogens with one attached hydrogen (secondary N) is 1. The summed E-state index contributed by atoms with van der Waals surface area (Å²) in [4.78, 5) is 26.2. The molecule has 0 spiro atoms. The third-order valence-corrected chi connectivity index (χ3v) is 8.55. The SMILES string of the molecule is CC1C=CN=C2C1C=C(C(=N)c1cncn1C)c1cc(Cl)ccc1[C@@H]2N1CCN(C(=O)OC2(C)CC2)CC1. The first-order chi connectivity index (χ1) is 18.2. The zero-order chi connectivity index (χ0) is 26.6. The first kappa shape index (κ1) is 25.1. The van der Waals surface area contributed by atoms with Gasteiger partial charge in [-0.25, -0.2) is 9.78 Å². The quantitative estimate of drug-likeness (QED) is 0.554. The fourth-order valence-corrected chi connectivity index (χ4v) is 5.88. The molecule has 2 aromatic rings. The summed E-state index contributed by atoms with van der Waals surface area (Å²) < 4.78 is 7.60. The van der Waals surface area contributed by atoms with Gasteiger partial charge in [0.15, 0.2) is 0 Å². The van der Waals surface area contributed by atoms with Crippen molar-refractivity contribution in [2.75, 3.05) is 26.2 Å². The summed E-state index contributed by atoms with van der Waals surface area (Å²) in [5.41, 5.74) is 4.82. The number of fused-ring (bicyclic) bond motifs is 2. The molecular weight excluding hydrogens is 500 g/mol. The Morgan fingerprint density at radius 3 is 2.66 bits per heavy atom. The second-order valence-corrected chi connectivity index (χ2v) is 11.5. The van der Waals surface area contributed by atoms with E-state index in [1.54, 1.807) is 12.5 Å². The van der Waals surface area contributed by atoms with Crippen LogP contribution < -0.4 is 0 Å². The van der Waals surface area contributed by atoms with Gasteiger partial charge in [-0.3, -0.25) is 15.3 Å². The Hall–Kier alpha value is -3.23. The minimum Gasteiger partial charge on any atom is -0.443 e. The van der Waals surface area contributed by atoms with Crippen molar-refractivity contribution >= 4 is 34.7 Å². The van der Waals surface area contributed by atoms with Crippen LogP contribution >= 0.6 is 11.6 Å². The van der Waals surface area contributed by atoms with Gasteiger partial charge in [0.2, 0.25) is 0 Å². The maximum atomic E-state index is 12.8. The van der Waals surface area contributed by atoms with Crippen LogP contribution in [0.2, 0.25) is 5.02 Å². The Morgan fingerprint density at radius 2 is 1.97 bits per heavy atom. The molecule has 3 atom stereocenters. The zero-order valence-corrected chi connectivity index (χ0v) is 22.8. The van der Waals surface area contributed by atoms with Crippen LogP contribution in [0.4, 0.5) is 4.79 Å². The van der Waals surface area contributed by atoms with Gasteiger partial charge in [0.05, 0.1) is 30.0 Å². The van der Waals surface area contributed by atoms with Gasteiger partial charge >= 0.3 is 6.09 Å². The number of carbonyl (C=O) groups excluding carboxylic acids is 1. The number of piperazine rings is 1. The lowest BCUT2D eigenvalue weighted by molar-refractivity contribution is 0.0397. The lowest BCUT2D eigenvalue weighted by Gasteiger charge is -2.41. The summed E-state index contributed by atoms with van der Waals surface area (Å²) in [5, 5.41) is 9.84. The molecule has 1 aromatic heterocycles. The Morgan fingerprint density at radius 1 is 1.21 bits per heavy atom. The average Bonchev–Trinajstić information content (AvgIpc) is 3.50. The van der Waals surface area contributed by atoms with Crippen LogP contribution in [-0.4, -0.2) is 68.6 Å². The predicted octanol–water partition coefficient (Wildman–Crippen LogP) is 5.11. The van der Waals surface area contributed by atoms with E-state index in [4.69, 9.17) is 21.3 Å². The maximum Gasteiger partial charge on any atom is 0.410 e. The minimum atomic E-state index is -0.277. The summed E-state index contributed by atoms with van der Waals surface area (Å²) in [7, 11) is 1.91. The largest absolute Gasteiger partial charge is 0.443 e. The monoisotopic (exact) mass is 532 g/mol. The van der Waals surface area contributed by atoms with Gasteiger partial charge < -0.3 is 14.2 Å². The molecule has 1 amide bonds. The fourth-order valence-electron chi connectivity index (χ4n) is 5.71. The van der Waals surface area contributed by atoms with E-state index in [-0.39, 0.29) is 29.6 Å². The number of carbonyl (C=O) groups is 1. The number of nitrogens with zero attached hydrogens (tertiary/aromatic N) is 5. The van der Waals surface area contributed by atoms with E-state index in [0.29, 0.717) is 36.9 Å². The Bertz CT molecular complexity index is 1380. The molecule has 6 rings (SSSR count). The summed E-state index contributed by atoms with van der Waals surface area (Å²) in [5.74, 6) is 0.247. The Kier molecular flexibility index (Phi) is 6.27. The van der Waals surface area contributed by atoms with Gasteiger partial charge in [-0.1, -0.05) is 36.7 Å². The van der Waals surface area contributed by atoms with Crippen LogP contribution in [0, 0.1) is 17.2 Å². The number of aliphatic imine (C=N–C) groups is 1. The highest BCUT2D eigenvalue weighted by atomic mass is 35.5. The summed E-state index contributed by atoms with van der Waals surface area (Å²) in [6.45, 7) is 6.81. The molecule has 2 fully saturated rings. The molecule has 8 nitrogen and oxygen atoms in total. The molecule has 2 aliphatic carbocycles. The third kappa shape index (κ3) is 4.50. The highest BCUT2D eigenvalue weighted by Gasteiger charge is 2.44. The van der Waals surface area contributed by atoms with Crippen molar-refractivity contribution in [3.8, 4) is 0 Å². The van der Waals surface area contributed by atoms with Gasteiger partial charge in [-0.15, -0.1) is 0 Å². The number of aromatic nitrogens is 2. The van der Waals surface area contributed by atoms with Crippen LogP contribution in [0.3, 0.4) is 0 Å². The van der Waals surface area contributed by atoms with E-state index < -0.39 is 0 Å². The molecular formula is C29H33ClN6O2. The van der Waals surface area contributed by atoms with Crippen LogP contribution in [-0.2, 0) is 11.8 Å². The topological polar surface area (TPSA) is 86.8 Å². The van der Waals surface area contributed by atoms with Gasteiger partial charge in [-0.05, 0) is 48.9 Å². The Labute approximate surface area is 228 Å². The second-order valence-electron chi connectivity index (χ2n) is 11.1.